The van der Waals surface area contributed by atoms with Gasteiger partial charge in [0.25, 0.3) is 5.91 Å². The largest absolute Gasteiger partial charge is 0.354 e. The number of carbonyl (C=O) groups excluding carboxylic acids is 2. The molecule has 21 heavy (non-hydrogen) atoms. The average Bonchev–Trinajstić information content (AvgIpc) is 3.02. The minimum absolute atomic E-state index is 0.0223. The summed E-state index contributed by atoms with van der Waals surface area (Å²) in [6.07, 6.45) is 1.72. The van der Waals surface area contributed by atoms with Gasteiger partial charge in [0.2, 0.25) is 0 Å². The number of hydrogen-bond acceptors (Lipinski definition) is 3. The molecule has 5 nitrogen and oxygen atoms in total. The number of rotatable bonds is 5. The van der Waals surface area contributed by atoms with E-state index in [-0.39, 0.29) is 11.7 Å². The van der Waals surface area contributed by atoms with Gasteiger partial charge in [-0.1, -0.05) is 6.92 Å². The first-order chi connectivity index (χ1) is 9.99. The lowest BCUT2D eigenvalue weighted by atomic mass is 10.0. The predicted molar refractivity (Wildman–Crippen MR) is 82.8 cm³/mol. The molecule has 2 heterocycles. The Morgan fingerprint density at radius 3 is 2.71 bits per heavy atom. The lowest BCUT2D eigenvalue weighted by Gasteiger charge is -2.16. The highest BCUT2D eigenvalue weighted by molar-refractivity contribution is 6.02. The number of carbonyl (C=O) groups is 2. The van der Waals surface area contributed by atoms with Crippen molar-refractivity contribution in [2.45, 2.75) is 33.6 Å². The summed E-state index contributed by atoms with van der Waals surface area (Å²) in [5.74, 6) is 0.572. The molecule has 5 heteroatoms. The van der Waals surface area contributed by atoms with Gasteiger partial charge in [-0.15, -0.1) is 0 Å². The molecule has 2 N–H and O–H groups in total. The molecule has 0 aliphatic carbocycles. The molecule has 0 aromatic carbocycles. The Kier molecular flexibility index (Phi) is 4.83. The smallest absolute Gasteiger partial charge is 0.270 e. The van der Waals surface area contributed by atoms with Crippen LogP contribution in [-0.2, 0) is 6.42 Å². The van der Waals surface area contributed by atoms with Crippen molar-refractivity contribution in [3.05, 3.63) is 22.5 Å². The topological polar surface area (TPSA) is 65.2 Å². The van der Waals surface area contributed by atoms with Crippen molar-refractivity contribution in [2.24, 2.45) is 5.92 Å². The van der Waals surface area contributed by atoms with Gasteiger partial charge in [0.05, 0.1) is 0 Å². The SMILES string of the molecule is CCc1c(C(=O)N2CCC(CNC)C2)[nH]c(C)c1C(C)=O. The Bertz CT molecular complexity index is 548. The first-order valence-corrected chi connectivity index (χ1v) is 7.65. The second kappa shape index (κ2) is 6.43. The molecule has 1 saturated heterocycles. The first kappa shape index (κ1) is 15.8. The number of Topliss-reactive ketones (excluding diaryl/α,β-unsaturated/α-hetero) is 1. The summed E-state index contributed by atoms with van der Waals surface area (Å²) >= 11 is 0. The zero-order valence-corrected chi connectivity index (χ0v) is 13.4. The van der Waals surface area contributed by atoms with Gasteiger partial charge in [-0.2, -0.15) is 0 Å². The molecular formula is C16H25N3O2. The lowest BCUT2D eigenvalue weighted by Crippen LogP contribution is -2.31. The zero-order chi connectivity index (χ0) is 15.6. The van der Waals surface area contributed by atoms with Crippen LogP contribution in [0.15, 0.2) is 0 Å². The van der Waals surface area contributed by atoms with Crippen molar-refractivity contribution in [2.75, 3.05) is 26.7 Å². The number of hydrogen-bond donors (Lipinski definition) is 2. The quantitative estimate of drug-likeness (QED) is 0.813. The van der Waals surface area contributed by atoms with Crippen molar-refractivity contribution < 1.29 is 9.59 Å². The Morgan fingerprint density at radius 2 is 2.14 bits per heavy atom. The summed E-state index contributed by atoms with van der Waals surface area (Å²) in [5.41, 5.74) is 2.95. The zero-order valence-electron chi connectivity index (χ0n) is 13.4. The van der Waals surface area contributed by atoms with E-state index in [0.29, 0.717) is 23.6 Å². The van der Waals surface area contributed by atoms with Gasteiger partial charge in [0, 0.05) is 24.3 Å². The van der Waals surface area contributed by atoms with E-state index in [0.717, 1.165) is 37.3 Å². The Balaban J connectivity index is 2.24. The molecule has 0 bridgehead atoms. The van der Waals surface area contributed by atoms with Gasteiger partial charge in [0.1, 0.15) is 5.69 Å². The Hall–Kier alpha value is -1.62. The number of likely N-dealkylation sites (tertiary alicyclic amines) is 1. The van der Waals surface area contributed by atoms with E-state index >= 15 is 0 Å². The van der Waals surface area contributed by atoms with Crippen molar-refractivity contribution in [3.63, 3.8) is 0 Å². The van der Waals surface area contributed by atoms with Crippen LogP contribution < -0.4 is 5.32 Å². The number of H-pyrrole nitrogens is 1. The van der Waals surface area contributed by atoms with E-state index in [4.69, 9.17) is 0 Å². The fourth-order valence-corrected chi connectivity index (χ4v) is 3.32. The third-order valence-electron chi connectivity index (χ3n) is 4.28. The molecule has 0 saturated carbocycles. The van der Waals surface area contributed by atoms with E-state index < -0.39 is 0 Å². The summed E-state index contributed by atoms with van der Waals surface area (Å²) in [7, 11) is 1.94. The van der Waals surface area contributed by atoms with Crippen molar-refractivity contribution >= 4 is 11.7 Å². The van der Waals surface area contributed by atoms with Crippen LogP contribution in [0.3, 0.4) is 0 Å². The maximum absolute atomic E-state index is 12.7. The minimum Gasteiger partial charge on any atom is -0.354 e. The van der Waals surface area contributed by atoms with Crippen LogP contribution in [-0.4, -0.2) is 48.3 Å². The fraction of sp³-hybridized carbons (Fsp3) is 0.625. The van der Waals surface area contributed by atoms with Gasteiger partial charge >= 0.3 is 0 Å². The highest BCUT2D eigenvalue weighted by Crippen LogP contribution is 2.24. The van der Waals surface area contributed by atoms with E-state index in [1.807, 2.05) is 25.8 Å². The summed E-state index contributed by atoms with van der Waals surface area (Å²) in [5, 5.41) is 3.17. The summed E-state index contributed by atoms with van der Waals surface area (Å²) < 4.78 is 0. The van der Waals surface area contributed by atoms with Crippen LogP contribution >= 0.6 is 0 Å². The standard InChI is InChI=1S/C16H25N3O2/c1-5-13-14(11(3)20)10(2)18-15(13)16(21)19-7-6-12(9-19)8-17-4/h12,17-18H,5-9H2,1-4H3. The summed E-state index contributed by atoms with van der Waals surface area (Å²) in [4.78, 5) is 29.6. The summed E-state index contributed by atoms with van der Waals surface area (Å²) in [6, 6.07) is 0. The first-order valence-electron chi connectivity index (χ1n) is 7.65. The number of amides is 1. The van der Waals surface area contributed by atoms with E-state index in [2.05, 4.69) is 10.3 Å². The van der Waals surface area contributed by atoms with Crippen LogP contribution in [0.4, 0.5) is 0 Å². The monoisotopic (exact) mass is 291 g/mol. The predicted octanol–water partition coefficient (Wildman–Crippen LogP) is 1.77. The normalized spacial score (nSPS) is 18.3. The third kappa shape index (κ3) is 3.02. The number of nitrogens with one attached hydrogen (secondary N) is 2. The minimum atomic E-state index is 0.0223. The molecule has 1 fully saturated rings. The van der Waals surface area contributed by atoms with Gasteiger partial charge < -0.3 is 15.2 Å². The van der Waals surface area contributed by atoms with Crippen LogP contribution in [0.1, 0.15) is 52.4 Å². The van der Waals surface area contributed by atoms with Gasteiger partial charge in [-0.25, -0.2) is 0 Å². The van der Waals surface area contributed by atoms with Crippen LogP contribution in [0.5, 0.6) is 0 Å². The molecule has 1 aliphatic heterocycles. The van der Waals surface area contributed by atoms with Crippen LogP contribution in [0.25, 0.3) is 0 Å². The molecule has 1 amide bonds. The van der Waals surface area contributed by atoms with Gasteiger partial charge in [-0.3, -0.25) is 9.59 Å². The number of ketones is 1. The second-order valence-electron chi connectivity index (χ2n) is 5.85. The molecule has 116 valence electrons. The molecular weight excluding hydrogens is 266 g/mol. The van der Waals surface area contributed by atoms with Crippen molar-refractivity contribution in [3.8, 4) is 0 Å². The molecule has 1 unspecified atom stereocenters. The average molecular weight is 291 g/mol. The molecule has 0 spiro atoms. The van der Waals surface area contributed by atoms with Crippen LogP contribution in [0.2, 0.25) is 0 Å². The second-order valence-corrected chi connectivity index (χ2v) is 5.85. The maximum Gasteiger partial charge on any atom is 0.270 e. The molecule has 2 rings (SSSR count). The fourth-order valence-electron chi connectivity index (χ4n) is 3.32. The summed E-state index contributed by atoms with van der Waals surface area (Å²) in [6.45, 7) is 7.92. The van der Waals surface area contributed by atoms with Crippen molar-refractivity contribution in [1.82, 2.24) is 15.2 Å². The molecule has 0 radical (unpaired) electrons. The highest BCUT2D eigenvalue weighted by Gasteiger charge is 2.30. The molecule has 1 atom stereocenters. The van der Waals surface area contributed by atoms with Crippen LogP contribution in [0, 0.1) is 12.8 Å². The molecule has 1 aliphatic rings. The van der Waals surface area contributed by atoms with E-state index in [9.17, 15) is 9.59 Å². The molecule has 1 aromatic heterocycles. The van der Waals surface area contributed by atoms with Crippen molar-refractivity contribution in [1.29, 1.82) is 0 Å². The van der Waals surface area contributed by atoms with Gasteiger partial charge in [-0.05, 0) is 51.8 Å². The maximum atomic E-state index is 12.7. The Morgan fingerprint density at radius 1 is 1.43 bits per heavy atom. The highest BCUT2D eigenvalue weighted by atomic mass is 16.2. The number of aromatic amines is 1. The van der Waals surface area contributed by atoms with E-state index in [1.165, 1.54) is 0 Å². The Labute approximate surface area is 126 Å². The molecule has 1 aromatic rings. The third-order valence-corrected chi connectivity index (χ3v) is 4.28. The van der Waals surface area contributed by atoms with E-state index in [1.54, 1.807) is 6.92 Å². The number of nitrogens with zero attached hydrogens (tertiary/aromatic N) is 1. The van der Waals surface area contributed by atoms with Gasteiger partial charge in [0.15, 0.2) is 5.78 Å². The number of aryl methyl sites for hydroxylation is 1. The lowest BCUT2D eigenvalue weighted by molar-refractivity contribution is 0.0781. The number of aromatic nitrogens is 1.